The van der Waals surface area contributed by atoms with Gasteiger partial charge in [-0.15, -0.1) is 0 Å². The van der Waals surface area contributed by atoms with Gasteiger partial charge in [0.2, 0.25) is 5.88 Å². The van der Waals surface area contributed by atoms with Gasteiger partial charge in [0.25, 0.3) is 0 Å². The van der Waals surface area contributed by atoms with Crippen molar-refractivity contribution in [1.29, 1.82) is 0 Å². The lowest BCUT2D eigenvalue weighted by molar-refractivity contribution is 0.447. The number of aromatic nitrogens is 1. The molecule has 1 aromatic carbocycles. The molecule has 0 saturated heterocycles. The van der Waals surface area contributed by atoms with Crippen molar-refractivity contribution in [3.63, 3.8) is 0 Å². The van der Waals surface area contributed by atoms with Gasteiger partial charge in [-0.3, -0.25) is 0 Å². The number of hydrogen-bond donors (Lipinski definition) is 1. The van der Waals surface area contributed by atoms with Gasteiger partial charge >= 0.3 is 0 Å². The van der Waals surface area contributed by atoms with Crippen LogP contribution in [0.5, 0.6) is 11.6 Å². The Morgan fingerprint density at radius 3 is 2.79 bits per heavy atom. The molecule has 1 aromatic heterocycles. The van der Waals surface area contributed by atoms with Crippen molar-refractivity contribution in [2.75, 3.05) is 7.05 Å². The SMILES string of the molecule is CNC(C)c1cccnc1Oc1ccc(C)cc1Cl. The first-order valence-corrected chi connectivity index (χ1v) is 6.56. The minimum atomic E-state index is 0.160. The van der Waals surface area contributed by atoms with Crippen LogP contribution in [0.1, 0.15) is 24.1 Å². The Labute approximate surface area is 118 Å². The van der Waals surface area contributed by atoms with Crippen LogP contribution in [-0.4, -0.2) is 12.0 Å². The van der Waals surface area contributed by atoms with E-state index in [0.717, 1.165) is 11.1 Å². The van der Waals surface area contributed by atoms with Crippen molar-refractivity contribution in [2.24, 2.45) is 0 Å². The number of pyridine rings is 1. The van der Waals surface area contributed by atoms with Crippen molar-refractivity contribution in [3.8, 4) is 11.6 Å². The Morgan fingerprint density at radius 2 is 2.11 bits per heavy atom. The predicted molar refractivity (Wildman–Crippen MR) is 78.0 cm³/mol. The van der Waals surface area contributed by atoms with Crippen LogP contribution in [0.25, 0.3) is 0 Å². The highest BCUT2D eigenvalue weighted by Crippen LogP contribution is 2.32. The molecule has 0 aliphatic carbocycles. The fraction of sp³-hybridized carbons (Fsp3) is 0.267. The molecule has 3 nitrogen and oxygen atoms in total. The average molecular weight is 277 g/mol. The molecule has 1 heterocycles. The second-order valence-corrected chi connectivity index (χ2v) is 4.85. The van der Waals surface area contributed by atoms with Gasteiger partial charge in [0, 0.05) is 17.8 Å². The molecular weight excluding hydrogens is 260 g/mol. The summed E-state index contributed by atoms with van der Waals surface area (Å²) in [6.07, 6.45) is 1.71. The summed E-state index contributed by atoms with van der Waals surface area (Å²) in [7, 11) is 1.90. The van der Waals surface area contributed by atoms with Gasteiger partial charge in [0.1, 0.15) is 5.75 Å². The molecule has 1 unspecified atom stereocenters. The minimum absolute atomic E-state index is 0.160. The van der Waals surface area contributed by atoms with Crippen LogP contribution in [0.2, 0.25) is 5.02 Å². The molecule has 2 rings (SSSR count). The Hall–Kier alpha value is -1.58. The van der Waals surface area contributed by atoms with E-state index < -0.39 is 0 Å². The third-order valence-corrected chi connectivity index (χ3v) is 3.29. The normalized spacial score (nSPS) is 12.2. The summed E-state index contributed by atoms with van der Waals surface area (Å²) in [6, 6.07) is 9.75. The number of aryl methyl sites for hydroxylation is 1. The summed E-state index contributed by atoms with van der Waals surface area (Å²) in [5, 5.41) is 3.77. The summed E-state index contributed by atoms with van der Waals surface area (Å²) in [5.41, 5.74) is 2.10. The molecule has 100 valence electrons. The van der Waals surface area contributed by atoms with Crippen LogP contribution >= 0.6 is 11.6 Å². The van der Waals surface area contributed by atoms with Crippen molar-refractivity contribution >= 4 is 11.6 Å². The maximum absolute atomic E-state index is 6.18. The van der Waals surface area contributed by atoms with E-state index in [2.05, 4.69) is 17.2 Å². The standard InChI is InChI=1S/C15H17ClN2O/c1-10-6-7-14(13(16)9-10)19-15-12(11(2)17-3)5-4-8-18-15/h4-9,11,17H,1-3H3. The quantitative estimate of drug-likeness (QED) is 0.912. The van der Waals surface area contributed by atoms with E-state index in [0.29, 0.717) is 16.7 Å². The van der Waals surface area contributed by atoms with E-state index in [1.165, 1.54) is 0 Å². The zero-order valence-corrected chi connectivity index (χ0v) is 12.0. The number of nitrogens with zero attached hydrogens (tertiary/aromatic N) is 1. The number of hydrogen-bond acceptors (Lipinski definition) is 3. The van der Waals surface area contributed by atoms with Gasteiger partial charge in [0.15, 0.2) is 0 Å². The minimum Gasteiger partial charge on any atom is -0.437 e. The molecule has 0 saturated carbocycles. The smallest absolute Gasteiger partial charge is 0.224 e. The van der Waals surface area contributed by atoms with Crippen molar-refractivity contribution < 1.29 is 4.74 Å². The Bertz CT molecular complexity index is 572. The van der Waals surface area contributed by atoms with E-state index in [4.69, 9.17) is 16.3 Å². The summed E-state index contributed by atoms with van der Waals surface area (Å²) < 4.78 is 5.84. The van der Waals surface area contributed by atoms with Crippen LogP contribution in [0.4, 0.5) is 0 Å². The first-order valence-electron chi connectivity index (χ1n) is 6.18. The molecule has 0 aliphatic rings. The monoisotopic (exact) mass is 276 g/mol. The Balaban J connectivity index is 2.33. The summed E-state index contributed by atoms with van der Waals surface area (Å²) in [4.78, 5) is 4.29. The molecule has 0 fully saturated rings. The lowest BCUT2D eigenvalue weighted by atomic mass is 10.1. The molecule has 0 radical (unpaired) electrons. The largest absolute Gasteiger partial charge is 0.437 e. The molecule has 0 spiro atoms. The van der Waals surface area contributed by atoms with Gasteiger partial charge < -0.3 is 10.1 Å². The molecule has 1 N–H and O–H groups in total. The third-order valence-electron chi connectivity index (χ3n) is 2.99. The average Bonchev–Trinajstić information content (AvgIpc) is 2.41. The lowest BCUT2D eigenvalue weighted by Crippen LogP contribution is -2.13. The summed E-state index contributed by atoms with van der Waals surface area (Å²) >= 11 is 6.18. The maximum Gasteiger partial charge on any atom is 0.224 e. The highest BCUT2D eigenvalue weighted by Gasteiger charge is 2.13. The van der Waals surface area contributed by atoms with Crippen molar-refractivity contribution in [3.05, 3.63) is 52.7 Å². The van der Waals surface area contributed by atoms with E-state index in [1.54, 1.807) is 6.20 Å². The van der Waals surface area contributed by atoms with E-state index in [9.17, 15) is 0 Å². The van der Waals surface area contributed by atoms with E-state index in [-0.39, 0.29) is 6.04 Å². The van der Waals surface area contributed by atoms with Crippen LogP contribution in [0.15, 0.2) is 36.5 Å². The van der Waals surface area contributed by atoms with Crippen LogP contribution in [-0.2, 0) is 0 Å². The van der Waals surface area contributed by atoms with Crippen LogP contribution < -0.4 is 10.1 Å². The molecule has 0 aliphatic heterocycles. The topological polar surface area (TPSA) is 34.2 Å². The van der Waals surface area contributed by atoms with Crippen molar-refractivity contribution in [2.45, 2.75) is 19.9 Å². The molecule has 0 bridgehead atoms. The summed E-state index contributed by atoms with van der Waals surface area (Å²) in [5.74, 6) is 1.20. The summed E-state index contributed by atoms with van der Waals surface area (Å²) in [6.45, 7) is 4.05. The number of nitrogens with one attached hydrogen (secondary N) is 1. The fourth-order valence-electron chi connectivity index (χ4n) is 1.77. The molecule has 0 amide bonds. The Kier molecular flexibility index (Phi) is 4.40. The highest BCUT2D eigenvalue weighted by atomic mass is 35.5. The van der Waals surface area contributed by atoms with Gasteiger partial charge in [-0.25, -0.2) is 4.98 Å². The Morgan fingerprint density at radius 1 is 1.32 bits per heavy atom. The zero-order valence-electron chi connectivity index (χ0n) is 11.3. The molecular formula is C15H17ClN2O. The molecule has 4 heteroatoms. The number of ether oxygens (including phenoxy) is 1. The zero-order chi connectivity index (χ0) is 13.8. The second kappa shape index (κ2) is 6.04. The van der Waals surface area contributed by atoms with E-state index >= 15 is 0 Å². The lowest BCUT2D eigenvalue weighted by Gasteiger charge is -2.15. The predicted octanol–water partition coefficient (Wildman–Crippen LogP) is 4.12. The number of halogens is 1. The van der Waals surface area contributed by atoms with Crippen LogP contribution in [0.3, 0.4) is 0 Å². The van der Waals surface area contributed by atoms with Crippen molar-refractivity contribution in [1.82, 2.24) is 10.3 Å². The number of benzene rings is 1. The van der Waals surface area contributed by atoms with Gasteiger partial charge in [-0.05, 0) is 44.7 Å². The molecule has 19 heavy (non-hydrogen) atoms. The van der Waals surface area contributed by atoms with Gasteiger partial charge in [-0.2, -0.15) is 0 Å². The first-order chi connectivity index (χ1) is 9.11. The maximum atomic E-state index is 6.18. The molecule has 2 aromatic rings. The van der Waals surface area contributed by atoms with Crippen LogP contribution in [0, 0.1) is 6.92 Å². The second-order valence-electron chi connectivity index (χ2n) is 4.44. The van der Waals surface area contributed by atoms with Gasteiger partial charge in [0.05, 0.1) is 5.02 Å². The van der Waals surface area contributed by atoms with E-state index in [1.807, 2.05) is 44.3 Å². The van der Waals surface area contributed by atoms with Gasteiger partial charge in [-0.1, -0.05) is 23.7 Å². The fourth-order valence-corrected chi connectivity index (χ4v) is 2.04. The highest BCUT2D eigenvalue weighted by molar-refractivity contribution is 6.32. The number of rotatable bonds is 4. The third kappa shape index (κ3) is 3.25. The first kappa shape index (κ1) is 13.8. The molecule has 1 atom stereocenters.